The molecular weight excluding hydrogens is 404 g/mol. The van der Waals surface area contributed by atoms with Gasteiger partial charge in [-0.05, 0) is 38.8 Å². The third-order valence-electron chi connectivity index (χ3n) is 5.51. The number of Topliss-reactive ketones (excluding diaryl/α,β-unsaturated/α-hetero) is 1. The molecule has 4 N–H and O–H groups in total. The van der Waals surface area contributed by atoms with Crippen molar-refractivity contribution in [1.29, 1.82) is 0 Å². The van der Waals surface area contributed by atoms with Gasteiger partial charge in [0.2, 0.25) is 0 Å². The molecule has 1 heterocycles. The summed E-state index contributed by atoms with van der Waals surface area (Å²) in [6, 6.07) is 4.87. The lowest BCUT2D eigenvalue weighted by atomic mass is 9.94. The van der Waals surface area contributed by atoms with Crippen LogP contribution >= 0.6 is 11.3 Å². The molecule has 0 spiro atoms. The highest BCUT2D eigenvalue weighted by Gasteiger charge is 2.36. The minimum absolute atomic E-state index is 0.0115. The van der Waals surface area contributed by atoms with Crippen molar-refractivity contribution >= 4 is 39.9 Å². The predicted molar refractivity (Wildman–Crippen MR) is 116 cm³/mol. The quantitative estimate of drug-likeness (QED) is 0.576. The van der Waals surface area contributed by atoms with Gasteiger partial charge in [-0.15, -0.1) is 11.3 Å². The van der Waals surface area contributed by atoms with E-state index in [0.29, 0.717) is 16.9 Å². The van der Waals surface area contributed by atoms with Crippen molar-refractivity contribution in [2.24, 2.45) is 11.7 Å². The number of carbonyl (C=O) groups is 3. The first-order chi connectivity index (χ1) is 14.2. The molecule has 3 amide bonds. The number of primary amides is 1. The van der Waals surface area contributed by atoms with Crippen LogP contribution in [-0.2, 0) is 15.1 Å². The van der Waals surface area contributed by atoms with Crippen LogP contribution in [0.25, 0.3) is 0 Å². The third kappa shape index (κ3) is 4.52. The van der Waals surface area contributed by atoms with Gasteiger partial charge in [-0.25, -0.2) is 9.78 Å². The molecule has 30 heavy (non-hydrogen) atoms. The van der Waals surface area contributed by atoms with E-state index in [-0.39, 0.29) is 16.8 Å². The van der Waals surface area contributed by atoms with Gasteiger partial charge in [0.1, 0.15) is 0 Å². The maximum Gasteiger partial charge on any atom is 0.325 e. The van der Waals surface area contributed by atoms with Gasteiger partial charge < -0.3 is 15.8 Å². The Balaban J connectivity index is 1.74. The van der Waals surface area contributed by atoms with Gasteiger partial charge >= 0.3 is 6.03 Å². The van der Waals surface area contributed by atoms with Crippen molar-refractivity contribution in [2.75, 3.05) is 17.7 Å². The number of anilines is 2. The summed E-state index contributed by atoms with van der Waals surface area (Å²) in [6.45, 7) is 3.43. The predicted octanol–water partition coefficient (Wildman–Crippen LogP) is 3.82. The first kappa shape index (κ1) is 21.9. The molecule has 1 saturated carbocycles. The van der Waals surface area contributed by atoms with Crippen LogP contribution in [0.15, 0.2) is 23.6 Å². The molecule has 1 unspecified atom stereocenters. The fourth-order valence-electron chi connectivity index (χ4n) is 3.51. The summed E-state index contributed by atoms with van der Waals surface area (Å²) in [5.74, 6) is -0.598. The fourth-order valence-corrected chi connectivity index (χ4v) is 4.31. The van der Waals surface area contributed by atoms with E-state index in [1.54, 1.807) is 11.4 Å². The highest BCUT2D eigenvalue weighted by Crippen LogP contribution is 2.31. The topological polar surface area (TPSA) is 123 Å². The third-order valence-corrected chi connectivity index (χ3v) is 6.26. The molecule has 0 saturated heterocycles. The maximum absolute atomic E-state index is 12.9. The van der Waals surface area contributed by atoms with Crippen molar-refractivity contribution in [1.82, 2.24) is 4.98 Å². The number of rotatable bonds is 7. The minimum atomic E-state index is -1.38. The molecule has 1 aliphatic rings. The number of nitrogens with zero attached hydrogens (tertiary/aromatic N) is 1. The first-order valence-corrected chi connectivity index (χ1v) is 10.7. The summed E-state index contributed by atoms with van der Waals surface area (Å²) in [6.07, 6.45) is 3.89. The van der Waals surface area contributed by atoms with E-state index in [1.165, 1.54) is 14.0 Å². The van der Waals surface area contributed by atoms with Gasteiger partial charge in [-0.3, -0.25) is 14.9 Å². The number of thiazole rings is 1. The van der Waals surface area contributed by atoms with Gasteiger partial charge in [0, 0.05) is 24.0 Å². The average molecular weight is 431 g/mol. The number of benzene rings is 1. The summed E-state index contributed by atoms with van der Waals surface area (Å²) >= 11 is 1.14. The second kappa shape index (κ2) is 8.93. The molecule has 0 aliphatic heterocycles. The Bertz CT molecular complexity index is 968. The molecule has 160 valence electrons. The van der Waals surface area contributed by atoms with Crippen LogP contribution in [0.4, 0.5) is 15.6 Å². The van der Waals surface area contributed by atoms with E-state index in [9.17, 15) is 14.4 Å². The maximum atomic E-state index is 12.9. The van der Waals surface area contributed by atoms with E-state index in [2.05, 4.69) is 15.6 Å². The van der Waals surface area contributed by atoms with Gasteiger partial charge in [-0.1, -0.05) is 24.5 Å². The van der Waals surface area contributed by atoms with E-state index in [4.69, 9.17) is 10.5 Å². The number of nitrogens with two attached hydrogens (primary N) is 1. The lowest BCUT2D eigenvalue weighted by Gasteiger charge is -2.21. The molecule has 0 bridgehead atoms. The number of aryl methyl sites for hydroxylation is 1. The van der Waals surface area contributed by atoms with Crippen molar-refractivity contribution in [2.45, 2.75) is 45.1 Å². The monoisotopic (exact) mass is 430 g/mol. The lowest BCUT2D eigenvalue weighted by Crippen LogP contribution is -2.40. The Labute approximate surface area is 179 Å². The number of urea groups is 1. The Morgan fingerprint density at radius 3 is 2.57 bits per heavy atom. The normalized spacial score (nSPS) is 16.1. The van der Waals surface area contributed by atoms with Gasteiger partial charge in [0.15, 0.2) is 16.5 Å². The van der Waals surface area contributed by atoms with Crippen LogP contribution < -0.4 is 16.4 Å². The van der Waals surface area contributed by atoms with Gasteiger partial charge in [-0.2, -0.15) is 0 Å². The number of nitrogens with one attached hydrogen (secondary N) is 2. The smallest absolute Gasteiger partial charge is 0.325 e. The molecule has 3 rings (SSSR count). The zero-order chi connectivity index (χ0) is 21.9. The number of ether oxygens (including phenoxy) is 1. The van der Waals surface area contributed by atoms with Crippen molar-refractivity contribution in [3.8, 4) is 0 Å². The number of ketones is 1. The molecule has 1 aliphatic carbocycles. The van der Waals surface area contributed by atoms with Gasteiger partial charge in [0.25, 0.3) is 5.91 Å². The van der Waals surface area contributed by atoms with Gasteiger partial charge in [0.05, 0.1) is 11.4 Å². The summed E-state index contributed by atoms with van der Waals surface area (Å²) in [4.78, 5) is 41.4. The van der Waals surface area contributed by atoms with Crippen LogP contribution in [0.5, 0.6) is 0 Å². The average Bonchev–Trinajstić information content (AvgIpc) is 3.40. The van der Waals surface area contributed by atoms with E-state index in [0.717, 1.165) is 42.6 Å². The summed E-state index contributed by atoms with van der Waals surface area (Å²) in [5.41, 5.74) is 6.28. The molecule has 1 aromatic carbocycles. The Hall–Kier alpha value is -2.78. The zero-order valence-electron chi connectivity index (χ0n) is 17.3. The van der Waals surface area contributed by atoms with Crippen LogP contribution in [0.3, 0.4) is 0 Å². The van der Waals surface area contributed by atoms with Crippen molar-refractivity contribution in [3.05, 3.63) is 40.4 Å². The minimum Gasteiger partial charge on any atom is -0.367 e. The fraction of sp³-hybridized carbons (Fsp3) is 0.429. The Morgan fingerprint density at radius 2 is 1.93 bits per heavy atom. The second-order valence-electron chi connectivity index (χ2n) is 7.61. The zero-order valence-corrected chi connectivity index (χ0v) is 18.1. The van der Waals surface area contributed by atoms with Crippen LogP contribution in [0.1, 0.15) is 54.2 Å². The van der Waals surface area contributed by atoms with E-state index in [1.807, 2.05) is 19.1 Å². The SMILES string of the molecule is COC(C)(C(N)=O)c1csc(NC(=O)Nc2ccc(C)cc2C(=O)C2CCCC2)n1. The number of hydrogen-bond donors (Lipinski definition) is 3. The molecule has 8 nitrogen and oxygen atoms in total. The Morgan fingerprint density at radius 1 is 1.23 bits per heavy atom. The first-order valence-electron chi connectivity index (χ1n) is 9.78. The number of methoxy groups -OCH3 is 1. The highest BCUT2D eigenvalue weighted by atomic mass is 32.1. The number of aromatic nitrogens is 1. The number of amides is 3. The largest absolute Gasteiger partial charge is 0.367 e. The summed E-state index contributed by atoms with van der Waals surface area (Å²) in [5, 5.41) is 7.27. The number of carbonyl (C=O) groups excluding carboxylic acids is 3. The molecule has 2 aromatic rings. The molecule has 1 aromatic heterocycles. The Kier molecular flexibility index (Phi) is 6.52. The highest BCUT2D eigenvalue weighted by molar-refractivity contribution is 7.14. The molecule has 1 fully saturated rings. The summed E-state index contributed by atoms with van der Waals surface area (Å²) in [7, 11) is 1.37. The van der Waals surface area contributed by atoms with E-state index >= 15 is 0 Å². The molecular formula is C21H26N4O4S. The van der Waals surface area contributed by atoms with E-state index < -0.39 is 17.5 Å². The summed E-state index contributed by atoms with van der Waals surface area (Å²) < 4.78 is 5.21. The standard InChI is InChI=1S/C21H26N4O4S/c1-12-8-9-15(14(10-12)17(26)13-6-4-5-7-13)23-19(28)25-20-24-16(11-30-20)21(2,29-3)18(22)27/h8-11,13H,4-7H2,1-3H3,(H2,22,27)(H2,23,24,25,28). The van der Waals surface area contributed by atoms with Crippen molar-refractivity contribution in [3.63, 3.8) is 0 Å². The van der Waals surface area contributed by atoms with Crippen molar-refractivity contribution < 1.29 is 19.1 Å². The molecule has 0 radical (unpaired) electrons. The van der Waals surface area contributed by atoms with Crippen LogP contribution in [0.2, 0.25) is 0 Å². The second-order valence-corrected chi connectivity index (χ2v) is 8.47. The lowest BCUT2D eigenvalue weighted by molar-refractivity contribution is -0.139. The van der Waals surface area contributed by atoms with Crippen LogP contribution in [0, 0.1) is 12.8 Å². The van der Waals surface area contributed by atoms with Crippen LogP contribution in [-0.4, -0.2) is 29.8 Å². The molecule has 1 atom stereocenters. The number of hydrogen-bond acceptors (Lipinski definition) is 6. The molecule has 9 heteroatoms.